The summed E-state index contributed by atoms with van der Waals surface area (Å²) in [6, 6.07) is 1.92. The molecule has 1 saturated carbocycles. The number of aliphatic hydroxyl groups excluding tert-OH is 1. The fourth-order valence-electron chi connectivity index (χ4n) is 1.98. The minimum atomic E-state index is -0.132. The monoisotopic (exact) mass is 207 g/mol. The van der Waals surface area contributed by atoms with Crippen molar-refractivity contribution in [2.75, 3.05) is 11.9 Å². The van der Waals surface area contributed by atoms with E-state index in [9.17, 15) is 5.11 Å². The van der Waals surface area contributed by atoms with Crippen LogP contribution < -0.4 is 5.32 Å². The van der Waals surface area contributed by atoms with Crippen molar-refractivity contribution in [3.63, 3.8) is 0 Å². The average Bonchev–Trinajstić information content (AvgIpc) is 2.10. The van der Waals surface area contributed by atoms with E-state index < -0.39 is 0 Å². The maximum Gasteiger partial charge on any atom is 0.130 e. The molecule has 4 heteroatoms. The van der Waals surface area contributed by atoms with Crippen LogP contribution in [0.15, 0.2) is 6.07 Å². The van der Waals surface area contributed by atoms with Crippen molar-refractivity contribution in [2.45, 2.75) is 38.6 Å². The molecule has 0 bridgehead atoms. The van der Waals surface area contributed by atoms with Crippen LogP contribution in [0.2, 0.25) is 0 Å². The van der Waals surface area contributed by atoms with Gasteiger partial charge in [-0.25, -0.2) is 9.97 Å². The van der Waals surface area contributed by atoms with Crippen LogP contribution in [0.1, 0.15) is 30.8 Å². The summed E-state index contributed by atoms with van der Waals surface area (Å²) in [5.74, 6) is 1.60. The van der Waals surface area contributed by atoms with Gasteiger partial charge in [0.05, 0.1) is 12.1 Å². The minimum absolute atomic E-state index is 0.132. The summed E-state index contributed by atoms with van der Waals surface area (Å²) in [5.41, 5.74) is 0.824. The van der Waals surface area contributed by atoms with Crippen LogP contribution in [0.4, 0.5) is 5.82 Å². The van der Waals surface area contributed by atoms with Gasteiger partial charge in [0.15, 0.2) is 0 Å². The standard InChI is InChI=1S/C11H17N3O/c1-8-6-10(13-9(2)12-8)14-11(7-15)4-3-5-11/h6,15H,3-5,7H2,1-2H3,(H,12,13,14). The Morgan fingerprint density at radius 3 is 2.60 bits per heavy atom. The summed E-state index contributed by atoms with van der Waals surface area (Å²) in [6.07, 6.45) is 3.22. The van der Waals surface area contributed by atoms with E-state index in [1.54, 1.807) is 0 Å². The molecule has 2 rings (SSSR count). The molecule has 0 aliphatic heterocycles. The van der Waals surface area contributed by atoms with Gasteiger partial charge in [0.2, 0.25) is 0 Å². The highest BCUT2D eigenvalue weighted by atomic mass is 16.3. The SMILES string of the molecule is Cc1cc(NC2(CO)CCC2)nc(C)n1. The summed E-state index contributed by atoms with van der Waals surface area (Å²) in [4.78, 5) is 8.54. The lowest BCUT2D eigenvalue weighted by atomic mass is 9.77. The van der Waals surface area contributed by atoms with Crippen molar-refractivity contribution in [2.24, 2.45) is 0 Å². The number of anilines is 1. The summed E-state index contributed by atoms with van der Waals surface area (Å²) in [7, 11) is 0. The van der Waals surface area contributed by atoms with Crippen LogP contribution in [-0.4, -0.2) is 27.2 Å². The molecule has 15 heavy (non-hydrogen) atoms. The van der Waals surface area contributed by atoms with Crippen molar-refractivity contribution in [3.8, 4) is 0 Å². The van der Waals surface area contributed by atoms with Crippen molar-refractivity contribution >= 4 is 5.82 Å². The second kappa shape index (κ2) is 3.77. The fraction of sp³-hybridized carbons (Fsp3) is 0.636. The first-order chi connectivity index (χ1) is 7.13. The maximum atomic E-state index is 9.33. The summed E-state index contributed by atoms with van der Waals surface area (Å²) in [5, 5.41) is 12.7. The number of rotatable bonds is 3. The van der Waals surface area contributed by atoms with Gasteiger partial charge < -0.3 is 10.4 Å². The number of hydrogen-bond acceptors (Lipinski definition) is 4. The Hall–Kier alpha value is -1.16. The summed E-state index contributed by atoms with van der Waals surface area (Å²) in [6.45, 7) is 4.01. The molecule has 0 aromatic carbocycles. The van der Waals surface area contributed by atoms with Gasteiger partial charge in [0.1, 0.15) is 11.6 Å². The lowest BCUT2D eigenvalue weighted by molar-refractivity contribution is 0.144. The van der Waals surface area contributed by atoms with Crippen LogP contribution in [0.3, 0.4) is 0 Å². The normalized spacial score (nSPS) is 18.3. The lowest BCUT2D eigenvalue weighted by Gasteiger charge is -2.41. The zero-order valence-corrected chi connectivity index (χ0v) is 9.25. The first-order valence-corrected chi connectivity index (χ1v) is 5.35. The smallest absolute Gasteiger partial charge is 0.130 e. The number of nitrogens with zero attached hydrogens (tertiary/aromatic N) is 2. The zero-order valence-electron chi connectivity index (χ0n) is 9.25. The third kappa shape index (κ3) is 2.09. The predicted octanol–water partition coefficient (Wildman–Crippen LogP) is 1.42. The molecular formula is C11H17N3O. The van der Waals surface area contributed by atoms with Crippen molar-refractivity contribution < 1.29 is 5.11 Å². The molecule has 4 nitrogen and oxygen atoms in total. The maximum absolute atomic E-state index is 9.33. The lowest BCUT2D eigenvalue weighted by Crippen LogP contribution is -2.48. The molecule has 1 aromatic heterocycles. The van der Waals surface area contributed by atoms with Crippen molar-refractivity contribution in [1.29, 1.82) is 0 Å². The first-order valence-electron chi connectivity index (χ1n) is 5.35. The van der Waals surface area contributed by atoms with Crippen LogP contribution in [0.5, 0.6) is 0 Å². The fourth-order valence-corrected chi connectivity index (χ4v) is 1.98. The van der Waals surface area contributed by atoms with Crippen LogP contribution in [-0.2, 0) is 0 Å². The quantitative estimate of drug-likeness (QED) is 0.787. The number of hydrogen-bond donors (Lipinski definition) is 2. The van der Waals surface area contributed by atoms with Gasteiger partial charge in [-0.05, 0) is 33.1 Å². The van der Waals surface area contributed by atoms with Crippen LogP contribution in [0.25, 0.3) is 0 Å². The largest absolute Gasteiger partial charge is 0.394 e. The van der Waals surface area contributed by atoms with Gasteiger partial charge in [0, 0.05) is 11.8 Å². The first kappa shape index (κ1) is 10.4. The molecule has 0 spiro atoms. The van der Waals surface area contributed by atoms with E-state index in [4.69, 9.17) is 0 Å². The Labute approximate surface area is 89.8 Å². The summed E-state index contributed by atoms with van der Waals surface area (Å²) >= 11 is 0. The minimum Gasteiger partial charge on any atom is -0.394 e. The number of aryl methyl sites for hydroxylation is 2. The molecule has 1 aliphatic carbocycles. The highest BCUT2D eigenvalue weighted by Crippen LogP contribution is 2.34. The summed E-state index contributed by atoms with van der Waals surface area (Å²) < 4.78 is 0. The molecule has 2 N–H and O–H groups in total. The molecule has 0 saturated heterocycles. The molecule has 0 radical (unpaired) electrons. The van der Waals surface area contributed by atoms with Crippen molar-refractivity contribution in [1.82, 2.24) is 9.97 Å². The predicted molar refractivity (Wildman–Crippen MR) is 58.8 cm³/mol. The number of aromatic nitrogens is 2. The van der Waals surface area contributed by atoms with Crippen molar-refractivity contribution in [3.05, 3.63) is 17.6 Å². The van der Waals surface area contributed by atoms with Gasteiger partial charge >= 0.3 is 0 Å². The van der Waals surface area contributed by atoms with E-state index >= 15 is 0 Å². The molecule has 82 valence electrons. The Morgan fingerprint density at radius 1 is 1.40 bits per heavy atom. The van der Waals surface area contributed by atoms with E-state index in [-0.39, 0.29) is 12.1 Å². The van der Waals surface area contributed by atoms with E-state index in [1.165, 1.54) is 6.42 Å². The van der Waals surface area contributed by atoms with Gasteiger partial charge in [0.25, 0.3) is 0 Å². The van der Waals surface area contributed by atoms with Crippen LogP contribution >= 0.6 is 0 Å². The molecule has 0 amide bonds. The van der Waals surface area contributed by atoms with E-state index in [0.717, 1.165) is 30.2 Å². The molecule has 1 heterocycles. The molecule has 0 unspecified atom stereocenters. The highest BCUT2D eigenvalue weighted by Gasteiger charge is 2.36. The van der Waals surface area contributed by atoms with E-state index in [2.05, 4.69) is 15.3 Å². The second-order valence-corrected chi connectivity index (χ2v) is 4.36. The highest BCUT2D eigenvalue weighted by molar-refractivity contribution is 5.40. The Kier molecular flexibility index (Phi) is 2.61. The molecule has 1 fully saturated rings. The van der Waals surface area contributed by atoms with Crippen LogP contribution in [0, 0.1) is 13.8 Å². The third-order valence-corrected chi connectivity index (χ3v) is 2.97. The zero-order chi connectivity index (χ0) is 10.9. The average molecular weight is 207 g/mol. The van der Waals surface area contributed by atoms with Gasteiger partial charge in [-0.15, -0.1) is 0 Å². The van der Waals surface area contributed by atoms with Gasteiger partial charge in [-0.1, -0.05) is 0 Å². The van der Waals surface area contributed by atoms with E-state index in [1.807, 2.05) is 19.9 Å². The molecular weight excluding hydrogens is 190 g/mol. The Morgan fingerprint density at radius 2 is 2.13 bits per heavy atom. The molecule has 0 atom stereocenters. The van der Waals surface area contributed by atoms with Gasteiger partial charge in [-0.3, -0.25) is 0 Å². The molecule has 1 aliphatic rings. The Balaban J connectivity index is 2.16. The molecule has 1 aromatic rings. The number of nitrogens with one attached hydrogen (secondary N) is 1. The number of aliphatic hydroxyl groups is 1. The topological polar surface area (TPSA) is 58.0 Å². The third-order valence-electron chi connectivity index (χ3n) is 2.97. The van der Waals surface area contributed by atoms with E-state index in [0.29, 0.717) is 0 Å². The second-order valence-electron chi connectivity index (χ2n) is 4.36. The Bertz CT molecular complexity index is 335. The van der Waals surface area contributed by atoms with Gasteiger partial charge in [-0.2, -0.15) is 0 Å².